The summed E-state index contributed by atoms with van der Waals surface area (Å²) in [5, 5.41) is 8.63. The Labute approximate surface area is 82.1 Å². The van der Waals surface area contributed by atoms with Gasteiger partial charge in [-0.1, -0.05) is 0 Å². The fraction of sp³-hybridized carbons (Fsp3) is 0.900. The van der Waals surface area contributed by atoms with E-state index in [2.05, 4.69) is 0 Å². The third kappa shape index (κ3) is 1.74. The first-order chi connectivity index (χ1) is 6.46. The first kappa shape index (κ1) is 9.85. The second kappa shape index (κ2) is 2.90. The molecule has 0 saturated heterocycles. The molecule has 2 N–H and O–H groups in total. The fourth-order valence-electron chi connectivity index (χ4n) is 2.62. The molecule has 78 valence electrons. The van der Waals surface area contributed by atoms with Crippen molar-refractivity contribution in [2.45, 2.75) is 44.1 Å². The van der Waals surface area contributed by atoms with E-state index >= 15 is 0 Å². The molecule has 2 saturated carbocycles. The summed E-state index contributed by atoms with van der Waals surface area (Å²) in [5.74, 6) is -2.92. The standard InChI is InChI=1S/C10H14F2N2/c11-10(12)4-7(8(14)5-13)3-9(6-10)1-2-9/h7-8H,1-4,6,14H2/t7-,8-/m1/s1. The van der Waals surface area contributed by atoms with Crippen LogP contribution in [0.15, 0.2) is 0 Å². The van der Waals surface area contributed by atoms with Gasteiger partial charge in [-0.15, -0.1) is 0 Å². The third-order valence-electron chi connectivity index (χ3n) is 3.50. The highest BCUT2D eigenvalue weighted by atomic mass is 19.3. The van der Waals surface area contributed by atoms with Gasteiger partial charge in [0.25, 0.3) is 0 Å². The molecule has 0 aromatic rings. The van der Waals surface area contributed by atoms with Gasteiger partial charge in [0.15, 0.2) is 0 Å². The first-order valence-electron chi connectivity index (χ1n) is 4.99. The van der Waals surface area contributed by atoms with E-state index in [1.54, 1.807) is 0 Å². The van der Waals surface area contributed by atoms with Crippen molar-refractivity contribution in [3.05, 3.63) is 0 Å². The van der Waals surface area contributed by atoms with E-state index in [1.807, 2.05) is 6.07 Å². The van der Waals surface area contributed by atoms with Crippen molar-refractivity contribution in [1.82, 2.24) is 0 Å². The summed E-state index contributed by atoms with van der Waals surface area (Å²) >= 11 is 0. The molecule has 2 nitrogen and oxygen atoms in total. The van der Waals surface area contributed by atoms with Gasteiger partial charge >= 0.3 is 0 Å². The lowest BCUT2D eigenvalue weighted by Gasteiger charge is -2.36. The van der Waals surface area contributed by atoms with Crippen LogP contribution in [-0.2, 0) is 0 Å². The number of rotatable bonds is 1. The van der Waals surface area contributed by atoms with Crippen molar-refractivity contribution in [3.63, 3.8) is 0 Å². The summed E-state index contributed by atoms with van der Waals surface area (Å²) in [6.45, 7) is 0. The Hall–Kier alpha value is -0.690. The van der Waals surface area contributed by atoms with Crippen molar-refractivity contribution in [3.8, 4) is 6.07 Å². The number of alkyl halides is 2. The molecule has 0 bridgehead atoms. The van der Waals surface area contributed by atoms with Crippen LogP contribution in [0.25, 0.3) is 0 Å². The smallest absolute Gasteiger partial charge is 0.249 e. The third-order valence-corrected chi connectivity index (χ3v) is 3.50. The van der Waals surface area contributed by atoms with Crippen molar-refractivity contribution >= 4 is 0 Å². The summed E-state index contributed by atoms with van der Waals surface area (Å²) in [7, 11) is 0. The highest BCUT2D eigenvalue weighted by Crippen LogP contribution is 2.61. The predicted octanol–water partition coefficient (Wildman–Crippen LogP) is 2.05. The average Bonchev–Trinajstić information content (AvgIpc) is 2.80. The topological polar surface area (TPSA) is 49.8 Å². The van der Waals surface area contributed by atoms with E-state index < -0.39 is 12.0 Å². The van der Waals surface area contributed by atoms with Crippen LogP contribution in [0.3, 0.4) is 0 Å². The molecule has 2 fully saturated rings. The maximum absolute atomic E-state index is 13.3. The molecule has 0 heterocycles. The predicted molar refractivity (Wildman–Crippen MR) is 47.5 cm³/mol. The number of hydrogen-bond acceptors (Lipinski definition) is 2. The molecule has 1 spiro atoms. The lowest BCUT2D eigenvalue weighted by molar-refractivity contribution is -0.0797. The van der Waals surface area contributed by atoms with Crippen LogP contribution in [-0.4, -0.2) is 12.0 Å². The van der Waals surface area contributed by atoms with Gasteiger partial charge in [0, 0.05) is 12.8 Å². The number of nitriles is 1. The van der Waals surface area contributed by atoms with Gasteiger partial charge in [0.05, 0.1) is 12.1 Å². The van der Waals surface area contributed by atoms with Crippen LogP contribution < -0.4 is 5.73 Å². The Morgan fingerprint density at radius 3 is 2.50 bits per heavy atom. The largest absolute Gasteiger partial charge is 0.316 e. The summed E-state index contributed by atoms with van der Waals surface area (Å²) in [4.78, 5) is 0. The molecule has 0 aliphatic heterocycles. The Bertz CT molecular complexity index is 272. The van der Waals surface area contributed by atoms with Gasteiger partial charge < -0.3 is 5.73 Å². The molecule has 0 radical (unpaired) electrons. The van der Waals surface area contributed by atoms with Crippen LogP contribution >= 0.6 is 0 Å². The molecule has 2 atom stereocenters. The molecule has 0 unspecified atom stereocenters. The Morgan fingerprint density at radius 2 is 2.00 bits per heavy atom. The number of halogens is 2. The van der Waals surface area contributed by atoms with Crippen LogP contribution in [0.5, 0.6) is 0 Å². The lowest BCUT2D eigenvalue weighted by atomic mass is 9.74. The maximum Gasteiger partial charge on any atom is 0.249 e. The van der Waals surface area contributed by atoms with E-state index in [4.69, 9.17) is 11.0 Å². The van der Waals surface area contributed by atoms with Crippen LogP contribution in [0.1, 0.15) is 32.1 Å². The van der Waals surface area contributed by atoms with E-state index in [-0.39, 0.29) is 24.2 Å². The SMILES string of the molecule is N#C[C@@H](N)[C@H]1CC(F)(F)CC2(CC2)C1. The molecule has 2 aliphatic carbocycles. The van der Waals surface area contributed by atoms with Gasteiger partial charge in [0.2, 0.25) is 5.92 Å². The minimum atomic E-state index is -2.60. The molecule has 0 aromatic heterocycles. The fourth-order valence-corrected chi connectivity index (χ4v) is 2.62. The van der Waals surface area contributed by atoms with E-state index in [1.165, 1.54) is 0 Å². The Kier molecular flexibility index (Phi) is 2.04. The minimum Gasteiger partial charge on any atom is -0.316 e. The first-order valence-corrected chi connectivity index (χ1v) is 4.99. The van der Waals surface area contributed by atoms with Crippen LogP contribution in [0.2, 0.25) is 0 Å². The summed E-state index contributed by atoms with van der Waals surface area (Å²) < 4.78 is 26.6. The summed E-state index contributed by atoms with van der Waals surface area (Å²) in [6.07, 6.45) is 2.30. The molecule has 14 heavy (non-hydrogen) atoms. The number of nitrogens with zero attached hydrogens (tertiary/aromatic N) is 1. The normalized spacial score (nSPS) is 34.9. The Morgan fingerprint density at radius 1 is 1.36 bits per heavy atom. The van der Waals surface area contributed by atoms with E-state index in [9.17, 15) is 8.78 Å². The highest BCUT2D eigenvalue weighted by molar-refractivity contribution is 5.06. The monoisotopic (exact) mass is 200 g/mol. The van der Waals surface area contributed by atoms with E-state index in [0.717, 1.165) is 19.3 Å². The number of hydrogen-bond donors (Lipinski definition) is 1. The molecular weight excluding hydrogens is 186 g/mol. The summed E-state index contributed by atoms with van der Waals surface area (Å²) in [5.41, 5.74) is 5.36. The van der Waals surface area contributed by atoms with Gasteiger partial charge in [0.1, 0.15) is 0 Å². The van der Waals surface area contributed by atoms with Crippen molar-refractivity contribution in [2.75, 3.05) is 0 Å². The summed E-state index contributed by atoms with van der Waals surface area (Å²) in [6, 6.07) is 1.16. The molecule has 2 aliphatic rings. The molecule has 0 aromatic carbocycles. The van der Waals surface area contributed by atoms with Crippen molar-refractivity contribution < 1.29 is 8.78 Å². The zero-order chi connectivity index (χ0) is 10.4. The maximum atomic E-state index is 13.3. The quantitative estimate of drug-likeness (QED) is 0.704. The molecule has 0 amide bonds. The lowest BCUT2D eigenvalue weighted by Crippen LogP contribution is -2.40. The molecular formula is C10H14F2N2. The zero-order valence-electron chi connectivity index (χ0n) is 7.97. The van der Waals surface area contributed by atoms with Crippen LogP contribution in [0.4, 0.5) is 8.78 Å². The van der Waals surface area contributed by atoms with Gasteiger partial charge in [-0.25, -0.2) is 8.78 Å². The second-order valence-electron chi connectivity index (χ2n) is 4.86. The zero-order valence-corrected chi connectivity index (χ0v) is 7.97. The molecule has 2 rings (SSSR count). The van der Waals surface area contributed by atoms with Gasteiger partial charge in [-0.05, 0) is 30.6 Å². The highest BCUT2D eigenvalue weighted by Gasteiger charge is 2.56. The Balaban J connectivity index is 2.10. The van der Waals surface area contributed by atoms with Gasteiger partial charge in [-0.2, -0.15) is 5.26 Å². The van der Waals surface area contributed by atoms with Crippen LogP contribution in [0, 0.1) is 22.7 Å². The van der Waals surface area contributed by atoms with Gasteiger partial charge in [-0.3, -0.25) is 0 Å². The van der Waals surface area contributed by atoms with Crippen molar-refractivity contribution in [1.29, 1.82) is 5.26 Å². The van der Waals surface area contributed by atoms with Crippen molar-refractivity contribution in [2.24, 2.45) is 17.1 Å². The van der Waals surface area contributed by atoms with E-state index in [0.29, 0.717) is 0 Å². The average molecular weight is 200 g/mol. The number of nitrogens with two attached hydrogens (primary N) is 1. The minimum absolute atomic E-state index is 0.00858. The molecule has 4 heteroatoms. The second-order valence-corrected chi connectivity index (χ2v) is 4.86.